The van der Waals surface area contributed by atoms with Crippen LogP contribution in [0.3, 0.4) is 0 Å². The van der Waals surface area contributed by atoms with Gasteiger partial charge in [0.1, 0.15) is 5.82 Å². The number of hydrogen-bond acceptors (Lipinski definition) is 8. The molecule has 3 N–H and O–H groups in total. The molecule has 0 bridgehead atoms. The van der Waals surface area contributed by atoms with Gasteiger partial charge < -0.3 is 20.2 Å². The number of sulfonamides is 1. The lowest BCUT2D eigenvalue weighted by Gasteiger charge is -2.35. The first-order chi connectivity index (χ1) is 16.8. The van der Waals surface area contributed by atoms with Crippen LogP contribution in [0.2, 0.25) is 0 Å². The largest absolute Gasteiger partial charge is 0.395 e. The Balaban J connectivity index is 1.41. The number of nitrogens with zero attached hydrogens (tertiary/aromatic N) is 4. The Kier molecular flexibility index (Phi) is 6.30. The van der Waals surface area contributed by atoms with E-state index in [0.29, 0.717) is 34.1 Å². The fourth-order valence-corrected chi connectivity index (χ4v) is 5.59. The molecule has 2 aromatic rings. The Morgan fingerprint density at radius 2 is 1.80 bits per heavy atom. The SMILES string of the molecule is Cc1cc(NC(=O)c2ccc(NS(=O)(=O)CCO)cc2N2CCC3(CC2)CC3)nc(N2CCC2)n1. The van der Waals surface area contributed by atoms with Crippen molar-refractivity contribution in [2.24, 2.45) is 5.41 Å². The molecule has 2 aliphatic heterocycles. The van der Waals surface area contributed by atoms with Crippen LogP contribution in [-0.2, 0) is 10.0 Å². The molecule has 3 aliphatic rings. The minimum Gasteiger partial charge on any atom is -0.395 e. The van der Waals surface area contributed by atoms with Crippen LogP contribution in [0, 0.1) is 12.3 Å². The number of benzene rings is 1. The van der Waals surface area contributed by atoms with Gasteiger partial charge in [0.2, 0.25) is 16.0 Å². The number of aryl methyl sites for hydroxylation is 1. The van der Waals surface area contributed by atoms with Gasteiger partial charge in [0.15, 0.2) is 0 Å². The van der Waals surface area contributed by atoms with E-state index in [2.05, 4.69) is 29.8 Å². The first-order valence-corrected chi connectivity index (χ1v) is 13.8. The van der Waals surface area contributed by atoms with Gasteiger partial charge in [-0.1, -0.05) is 0 Å². The lowest BCUT2D eigenvalue weighted by molar-refractivity contribution is 0.102. The number of carbonyl (C=O) groups is 1. The summed E-state index contributed by atoms with van der Waals surface area (Å²) in [7, 11) is -3.68. The van der Waals surface area contributed by atoms with E-state index < -0.39 is 16.6 Å². The van der Waals surface area contributed by atoms with Crippen molar-refractivity contribution in [1.82, 2.24) is 9.97 Å². The molecule has 0 radical (unpaired) electrons. The molecule has 1 aromatic carbocycles. The summed E-state index contributed by atoms with van der Waals surface area (Å²) in [5, 5.41) is 12.0. The Morgan fingerprint density at radius 1 is 1.06 bits per heavy atom. The standard InChI is InChI=1S/C24H32N6O4S/c1-17-15-21(27-23(25-17)30-9-2-10-30)26-22(32)19-4-3-18(28-35(33,34)14-13-31)16-20(19)29-11-7-24(5-6-24)8-12-29/h3-4,15-16,28,31H,2,5-14H2,1H3,(H,25,26,27,32). The van der Waals surface area contributed by atoms with Gasteiger partial charge in [0.25, 0.3) is 5.91 Å². The molecule has 1 aromatic heterocycles. The number of rotatable bonds is 8. The molecule has 1 aliphatic carbocycles. The van der Waals surface area contributed by atoms with Crippen LogP contribution in [0.25, 0.3) is 0 Å². The molecule has 35 heavy (non-hydrogen) atoms. The number of piperidine rings is 1. The van der Waals surface area contributed by atoms with E-state index in [1.807, 2.05) is 6.92 Å². The smallest absolute Gasteiger partial charge is 0.258 e. The van der Waals surface area contributed by atoms with Crippen LogP contribution in [0.1, 0.15) is 48.2 Å². The summed E-state index contributed by atoms with van der Waals surface area (Å²) in [5.74, 6) is 0.373. The molecule has 188 valence electrons. The minimum atomic E-state index is -3.68. The molecule has 3 fully saturated rings. The van der Waals surface area contributed by atoms with Crippen molar-refractivity contribution in [3.05, 3.63) is 35.5 Å². The first-order valence-electron chi connectivity index (χ1n) is 12.2. The number of aliphatic hydroxyl groups is 1. The van der Waals surface area contributed by atoms with E-state index in [0.717, 1.165) is 51.1 Å². The predicted molar refractivity (Wildman–Crippen MR) is 136 cm³/mol. The summed E-state index contributed by atoms with van der Waals surface area (Å²) in [6, 6.07) is 6.69. The highest BCUT2D eigenvalue weighted by Crippen LogP contribution is 2.54. The molecule has 1 amide bonds. The van der Waals surface area contributed by atoms with Crippen molar-refractivity contribution >= 4 is 39.1 Å². The van der Waals surface area contributed by atoms with Crippen molar-refractivity contribution in [1.29, 1.82) is 0 Å². The summed E-state index contributed by atoms with van der Waals surface area (Å²) in [4.78, 5) is 26.7. The van der Waals surface area contributed by atoms with Gasteiger partial charge in [-0.05, 0) is 62.6 Å². The summed E-state index contributed by atoms with van der Waals surface area (Å²) in [5.41, 5.74) is 2.76. The number of nitrogens with one attached hydrogen (secondary N) is 2. The zero-order chi connectivity index (χ0) is 24.6. The average Bonchev–Trinajstić information content (AvgIpc) is 3.51. The summed E-state index contributed by atoms with van der Waals surface area (Å²) in [6.07, 6.45) is 5.77. The van der Waals surface area contributed by atoms with Crippen LogP contribution in [-0.4, -0.2) is 67.9 Å². The summed E-state index contributed by atoms with van der Waals surface area (Å²) < 4.78 is 26.9. The molecule has 11 heteroatoms. The summed E-state index contributed by atoms with van der Waals surface area (Å²) >= 11 is 0. The minimum absolute atomic E-state index is 0.302. The lowest BCUT2D eigenvalue weighted by atomic mass is 9.93. The van der Waals surface area contributed by atoms with Gasteiger partial charge in [-0.15, -0.1) is 0 Å². The fraction of sp³-hybridized carbons (Fsp3) is 0.542. The topological polar surface area (TPSA) is 128 Å². The average molecular weight is 501 g/mol. The monoisotopic (exact) mass is 500 g/mol. The number of amides is 1. The molecular formula is C24H32N6O4S. The van der Waals surface area contributed by atoms with E-state index in [9.17, 15) is 13.2 Å². The van der Waals surface area contributed by atoms with Crippen molar-refractivity contribution in [2.75, 3.05) is 58.4 Å². The maximum atomic E-state index is 13.4. The second-order valence-electron chi connectivity index (χ2n) is 9.85. The molecule has 1 spiro atoms. The Hall–Kier alpha value is -2.92. The molecule has 10 nitrogen and oxygen atoms in total. The highest BCUT2D eigenvalue weighted by Gasteiger charge is 2.44. The highest BCUT2D eigenvalue weighted by molar-refractivity contribution is 7.92. The zero-order valence-corrected chi connectivity index (χ0v) is 20.8. The van der Waals surface area contributed by atoms with Crippen molar-refractivity contribution in [3.8, 4) is 0 Å². The van der Waals surface area contributed by atoms with E-state index in [1.54, 1.807) is 24.3 Å². The highest BCUT2D eigenvalue weighted by atomic mass is 32.2. The molecule has 0 atom stereocenters. The van der Waals surface area contributed by atoms with Crippen molar-refractivity contribution in [2.45, 2.75) is 39.0 Å². The van der Waals surface area contributed by atoms with Crippen LogP contribution in [0.15, 0.2) is 24.3 Å². The molecular weight excluding hydrogens is 468 g/mol. The molecule has 5 rings (SSSR count). The van der Waals surface area contributed by atoms with E-state index in [1.165, 1.54) is 12.8 Å². The van der Waals surface area contributed by atoms with Crippen LogP contribution in [0.5, 0.6) is 0 Å². The third-order valence-corrected chi connectivity index (χ3v) is 8.49. The van der Waals surface area contributed by atoms with Gasteiger partial charge in [-0.3, -0.25) is 9.52 Å². The maximum absolute atomic E-state index is 13.4. The van der Waals surface area contributed by atoms with Gasteiger partial charge >= 0.3 is 0 Å². The summed E-state index contributed by atoms with van der Waals surface area (Å²) in [6.45, 7) is 4.86. The lowest BCUT2D eigenvalue weighted by Crippen LogP contribution is -2.38. The Bertz CT molecular complexity index is 1220. The predicted octanol–water partition coefficient (Wildman–Crippen LogP) is 2.36. The van der Waals surface area contributed by atoms with E-state index >= 15 is 0 Å². The Morgan fingerprint density at radius 3 is 2.43 bits per heavy atom. The fourth-order valence-electron chi connectivity index (χ4n) is 4.76. The quantitative estimate of drug-likeness (QED) is 0.504. The molecule has 1 saturated carbocycles. The maximum Gasteiger partial charge on any atom is 0.258 e. The number of hydrogen-bond donors (Lipinski definition) is 3. The Labute approximate surface area is 205 Å². The zero-order valence-electron chi connectivity index (χ0n) is 20.0. The van der Waals surface area contributed by atoms with Gasteiger partial charge in [0.05, 0.1) is 29.3 Å². The van der Waals surface area contributed by atoms with E-state index in [4.69, 9.17) is 5.11 Å². The van der Waals surface area contributed by atoms with E-state index in [-0.39, 0.29) is 11.7 Å². The van der Waals surface area contributed by atoms with Gasteiger partial charge in [-0.2, -0.15) is 4.98 Å². The number of carbonyl (C=O) groups excluding carboxylic acids is 1. The second-order valence-corrected chi connectivity index (χ2v) is 11.7. The number of aliphatic hydroxyl groups excluding tert-OH is 1. The molecule has 3 heterocycles. The van der Waals surface area contributed by atoms with Crippen LogP contribution in [0.4, 0.5) is 23.1 Å². The van der Waals surface area contributed by atoms with Crippen molar-refractivity contribution in [3.63, 3.8) is 0 Å². The van der Waals surface area contributed by atoms with Crippen molar-refractivity contribution < 1.29 is 18.3 Å². The molecule has 0 unspecified atom stereocenters. The first kappa shape index (κ1) is 23.8. The van der Waals surface area contributed by atoms with Crippen LogP contribution < -0.4 is 19.8 Å². The number of aromatic nitrogens is 2. The third kappa shape index (κ3) is 5.35. The van der Waals surface area contributed by atoms with Gasteiger partial charge in [0, 0.05) is 37.9 Å². The van der Waals surface area contributed by atoms with Gasteiger partial charge in [-0.25, -0.2) is 13.4 Å². The normalized spacial score (nSPS) is 18.8. The van der Waals surface area contributed by atoms with Crippen LogP contribution >= 0.6 is 0 Å². The number of anilines is 4. The third-order valence-electron chi connectivity index (χ3n) is 7.22. The second kappa shape index (κ2) is 9.27. The molecule has 2 saturated heterocycles.